The van der Waals surface area contributed by atoms with Gasteiger partial charge >= 0.3 is 0 Å². The largest absolute Gasteiger partial charge is 0.489 e. The van der Waals surface area contributed by atoms with Crippen molar-refractivity contribution in [2.45, 2.75) is 139 Å². The molecule has 0 saturated carbocycles. The first-order valence-electron chi connectivity index (χ1n) is 22.1. The van der Waals surface area contributed by atoms with E-state index < -0.39 is 0 Å². The Labute approximate surface area is 357 Å². The second-order valence-electron chi connectivity index (χ2n) is 14.2. The fraction of sp³-hybridized carbons (Fsp3) is 0.689. The fourth-order valence-corrected chi connectivity index (χ4v) is 6.18. The number of carbonyl (C=O) groups is 1. The molecule has 0 aromatic carbocycles. The zero-order valence-electron chi connectivity index (χ0n) is 38.7. The van der Waals surface area contributed by atoms with Crippen molar-refractivity contribution in [3.05, 3.63) is 59.2 Å². The molecule has 59 heavy (non-hydrogen) atoms. The highest BCUT2D eigenvalue weighted by molar-refractivity contribution is 5.73. The lowest BCUT2D eigenvalue weighted by molar-refractivity contribution is -0.130. The molecule has 1 amide bonds. The van der Waals surface area contributed by atoms with E-state index >= 15 is 0 Å². The van der Waals surface area contributed by atoms with Crippen molar-refractivity contribution in [3.63, 3.8) is 0 Å². The first-order valence-corrected chi connectivity index (χ1v) is 22.1. The van der Waals surface area contributed by atoms with Gasteiger partial charge in [0, 0.05) is 109 Å². The first-order chi connectivity index (χ1) is 28.6. The third-order valence-electron chi connectivity index (χ3n) is 9.72. The Balaban J connectivity index is 0.000000385. The Morgan fingerprint density at radius 3 is 1.83 bits per heavy atom. The molecule has 5 N–H and O–H groups in total. The predicted octanol–water partition coefficient (Wildman–Crippen LogP) is 7.36. The SMILES string of the molecule is CC.CC.CC.CC(=O)N1CCC(Oc2cncc(C)c2)CC1.Cc1cc(NC2CCOCC2)nn1C.Cc1cnc(NC2CCOC2)cc1C.NCNC1CCOC1. The molecule has 4 aliphatic rings. The number of pyridine rings is 2. The maximum atomic E-state index is 11.2. The molecule has 4 saturated heterocycles. The summed E-state index contributed by atoms with van der Waals surface area (Å²) in [5, 5.41) is 14.3. The summed E-state index contributed by atoms with van der Waals surface area (Å²) in [5.74, 6) is 2.92. The Morgan fingerprint density at radius 2 is 1.32 bits per heavy atom. The van der Waals surface area contributed by atoms with E-state index in [-0.39, 0.29) is 12.0 Å². The number of anilines is 2. The smallest absolute Gasteiger partial charge is 0.219 e. The van der Waals surface area contributed by atoms with Crippen LogP contribution in [0.25, 0.3) is 0 Å². The highest BCUT2D eigenvalue weighted by atomic mass is 16.5. The summed E-state index contributed by atoms with van der Waals surface area (Å²) < 4.78 is 23.4. The molecule has 0 bridgehead atoms. The lowest BCUT2D eigenvalue weighted by Crippen LogP contribution is -2.40. The number of aromatic nitrogens is 4. The topological polar surface area (TPSA) is 163 Å². The minimum atomic E-state index is 0.153. The van der Waals surface area contributed by atoms with Gasteiger partial charge in [-0.1, -0.05) is 41.5 Å². The third kappa shape index (κ3) is 21.8. The second-order valence-corrected chi connectivity index (χ2v) is 14.2. The summed E-state index contributed by atoms with van der Waals surface area (Å²) in [5.41, 5.74) is 10.0. The van der Waals surface area contributed by atoms with E-state index in [2.05, 4.69) is 63.9 Å². The van der Waals surface area contributed by atoms with Gasteiger partial charge in [-0.25, -0.2) is 4.98 Å². The van der Waals surface area contributed by atoms with Crippen LogP contribution in [0.3, 0.4) is 0 Å². The lowest BCUT2D eigenvalue weighted by Gasteiger charge is -2.31. The number of aryl methyl sites for hydroxylation is 5. The van der Waals surface area contributed by atoms with Crippen LogP contribution in [0, 0.1) is 27.7 Å². The van der Waals surface area contributed by atoms with E-state index in [1.54, 1.807) is 13.1 Å². The summed E-state index contributed by atoms with van der Waals surface area (Å²) in [6.45, 7) is 29.1. The van der Waals surface area contributed by atoms with Crippen molar-refractivity contribution in [1.82, 2.24) is 30.0 Å². The number of likely N-dealkylation sites (tertiary alicyclic amines) is 1. The van der Waals surface area contributed by atoms with Gasteiger partial charge in [-0.05, 0) is 82.2 Å². The van der Waals surface area contributed by atoms with Gasteiger partial charge < -0.3 is 40.2 Å². The van der Waals surface area contributed by atoms with E-state index in [9.17, 15) is 4.79 Å². The average molecular weight is 828 g/mol. The van der Waals surface area contributed by atoms with Gasteiger partial charge in [0.25, 0.3) is 0 Å². The Kier molecular flexibility index (Phi) is 28.9. The molecule has 7 heterocycles. The van der Waals surface area contributed by atoms with E-state index in [0.29, 0.717) is 24.8 Å². The van der Waals surface area contributed by atoms with Crippen molar-refractivity contribution in [2.75, 3.05) is 70.0 Å². The Hall–Kier alpha value is -3.82. The van der Waals surface area contributed by atoms with Crippen LogP contribution in [0.15, 0.2) is 36.8 Å². The number of nitrogens with zero attached hydrogens (tertiary/aromatic N) is 5. The van der Waals surface area contributed by atoms with Crippen LogP contribution in [0.2, 0.25) is 0 Å². The van der Waals surface area contributed by atoms with Crippen molar-refractivity contribution in [2.24, 2.45) is 12.8 Å². The molecule has 3 aromatic heterocycles. The maximum absolute atomic E-state index is 11.2. The minimum Gasteiger partial charge on any atom is -0.489 e. The number of piperidine rings is 1. The highest BCUT2D eigenvalue weighted by Gasteiger charge is 2.22. The molecule has 2 atom stereocenters. The number of ether oxygens (including phenoxy) is 4. The summed E-state index contributed by atoms with van der Waals surface area (Å²) in [4.78, 5) is 21.5. The van der Waals surface area contributed by atoms with Crippen LogP contribution in [-0.2, 0) is 26.1 Å². The second kappa shape index (κ2) is 32.0. The first kappa shape index (κ1) is 53.2. The lowest BCUT2D eigenvalue weighted by atomic mass is 10.1. The monoisotopic (exact) mass is 828 g/mol. The molecule has 0 radical (unpaired) electrons. The molecule has 14 heteroatoms. The van der Waals surface area contributed by atoms with Gasteiger partial charge in [0.1, 0.15) is 23.5 Å². The van der Waals surface area contributed by atoms with Crippen molar-refractivity contribution in [1.29, 1.82) is 0 Å². The van der Waals surface area contributed by atoms with Crippen LogP contribution in [0.5, 0.6) is 5.75 Å². The molecule has 4 aliphatic heterocycles. The molecule has 0 spiro atoms. The van der Waals surface area contributed by atoms with Crippen LogP contribution >= 0.6 is 0 Å². The quantitative estimate of drug-likeness (QED) is 0.167. The molecular formula is C45H81N9O5. The molecule has 336 valence electrons. The average Bonchev–Trinajstić information content (AvgIpc) is 4.04. The standard InChI is InChI=1S/C13H18N2O2.C11H16N2O.C10H17N3O.C5H12N2O.3C2H6/c1-10-7-13(9-14-8-10)17-12-3-5-15(6-4-12)11(2)16;1-8-5-11(12-6-9(8)2)13-10-3-4-14-7-10;1-8-7-10(12-13(8)2)11-9-3-5-14-6-4-9;6-4-7-5-1-2-8-3-5;3*1-2/h7-9,12H,3-6H2,1-2H3;5-6,10H,3-4,7H2,1-2H3,(H,12,13);7,9H,3-6H2,1-2H3,(H,11,12);5,7H,1-4,6H2;3*1-2H3. The molecule has 2 unspecified atom stereocenters. The van der Waals surface area contributed by atoms with Gasteiger partial charge in [0.05, 0.1) is 25.5 Å². The number of nitrogens with one attached hydrogen (secondary N) is 3. The number of amides is 1. The van der Waals surface area contributed by atoms with Crippen LogP contribution in [0.4, 0.5) is 11.6 Å². The van der Waals surface area contributed by atoms with Gasteiger partial charge in [-0.3, -0.25) is 19.8 Å². The molecule has 3 aromatic rings. The number of hydrogen-bond acceptors (Lipinski definition) is 12. The van der Waals surface area contributed by atoms with Crippen molar-refractivity contribution in [3.8, 4) is 5.75 Å². The van der Waals surface area contributed by atoms with Crippen molar-refractivity contribution >= 4 is 17.5 Å². The van der Waals surface area contributed by atoms with Gasteiger partial charge in [-0.15, -0.1) is 0 Å². The number of hydrogen-bond donors (Lipinski definition) is 4. The summed E-state index contributed by atoms with van der Waals surface area (Å²) in [6, 6.07) is 7.63. The number of nitrogens with two attached hydrogens (primary N) is 1. The number of carbonyl (C=O) groups excluding carboxylic acids is 1. The zero-order chi connectivity index (χ0) is 44.0. The number of rotatable bonds is 8. The summed E-state index contributed by atoms with van der Waals surface area (Å²) >= 11 is 0. The normalized spacial score (nSPS) is 18.5. The minimum absolute atomic E-state index is 0.153. The summed E-state index contributed by atoms with van der Waals surface area (Å²) in [6.07, 6.45) is 11.8. The maximum Gasteiger partial charge on any atom is 0.219 e. The van der Waals surface area contributed by atoms with E-state index in [1.165, 1.54) is 16.8 Å². The van der Waals surface area contributed by atoms with Gasteiger partial charge in [-0.2, -0.15) is 5.10 Å². The highest BCUT2D eigenvalue weighted by Crippen LogP contribution is 2.19. The predicted molar refractivity (Wildman–Crippen MR) is 242 cm³/mol. The Morgan fingerprint density at radius 1 is 0.746 bits per heavy atom. The Bertz CT molecular complexity index is 1480. The summed E-state index contributed by atoms with van der Waals surface area (Å²) in [7, 11) is 1.96. The molecule has 7 rings (SSSR count). The molecule has 4 fully saturated rings. The fourth-order valence-electron chi connectivity index (χ4n) is 6.18. The van der Waals surface area contributed by atoms with E-state index in [4.69, 9.17) is 24.7 Å². The van der Waals surface area contributed by atoms with Crippen LogP contribution in [0.1, 0.15) is 109 Å². The molecule has 0 aliphatic carbocycles. The molecular weight excluding hydrogens is 747 g/mol. The van der Waals surface area contributed by atoms with Gasteiger partial charge in [0.2, 0.25) is 5.91 Å². The zero-order valence-corrected chi connectivity index (χ0v) is 38.7. The molecule has 14 nitrogen and oxygen atoms in total. The van der Waals surface area contributed by atoms with Crippen LogP contribution in [-0.4, -0.2) is 114 Å². The van der Waals surface area contributed by atoms with E-state index in [0.717, 1.165) is 114 Å². The van der Waals surface area contributed by atoms with Crippen LogP contribution < -0.4 is 26.4 Å². The van der Waals surface area contributed by atoms with Crippen molar-refractivity contribution < 1.29 is 23.7 Å². The van der Waals surface area contributed by atoms with E-state index in [1.807, 2.05) is 83.6 Å². The third-order valence-corrected chi connectivity index (χ3v) is 9.72. The van der Waals surface area contributed by atoms with Gasteiger partial charge in [0.15, 0.2) is 0 Å².